The van der Waals surface area contributed by atoms with Crippen molar-refractivity contribution in [3.8, 4) is 5.69 Å². The zero-order valence-corrected chi connectivity index (χ0v) is 13.9. The first kappa shape index (κ1) is 16.7. The Labute approximate surface area is 144 Å². The summed E-state index contributed by atoms with van der Waals surface area (Å²) >= 11 is 6.02. The van der Waals surface area contributed by atoms with Gasteiger partial charge in [-0.1, -0.05) is 29.8 Å². The fourth-order valence-electron chi connectivity index (χ4n) is 2.68. The van der Waals surface area contributed by atoms with E-state index in [-0.39, 0.29) is 16.7 Å². The number of halogens is 1. The van der Waals surface area contributed by atoms with Crippen LogP contribution in [0.25, 0.3) is 16.7 Å². The minimum Gasteiger partial charge on any atom is -0.281 e. The molecule has 0 aliphatic carbocycles. The fraction of sp³-hybridized carbons (Fsp3) is 0.133. The second kappa shape index (κ2) is 5.71. The molecular weight excluding hydrogens is 352 g/mol. The summed E-state index contributed by atoms with van der Waals surface area (Å²) in [6.07, 6.45) is 0. The number of pyridine rings is 1. The molecule has 0 N–H and O–H groups in total. The molecule has 0 aliphatic rings. The summed E-state index contributed by atoms with van der Waals surface area (Å²) in [6.45, 7) is 0. The third-order valence-corrected chi connectivity index (χ3v) is 4.24. The topological polar surface area (TPSA) is 109 Å². The second-order valence-corrected chi connectivity index (χ2v) is 5.68. The van der Waals surface area contributed by atoms with E-state index >= 15 is 0 Å². The van der Waals surface area contributed by atoms with E-state index in [9.17, 15) is 24.5 Å². The molecule has 1 aromatic carbocycles. The van der Waals surface area contributed by atoms with Gasteiger partial charge in [0.15, 0.2) is 0 Å². The summed E-state index contributed by atoms with van der Waals surface area (Å²) in [5.41, 5.74) is -3.31. The lowest BCUT2D eigenvalue weighted by Crippen LogP contribution is -2.40. The Balaban J connectivity index is 2.78. The monoisotopic (exact) mass is 362 g/mol. The van der Waals surface area contributed by atoms with Gasteiger partial charge in [-0.15, -0.1) is 0 Å². The van der Waals surface area contributed by atoms with E-state index in [1.165, 1.54) is 26.2 Å². The van der Waals surface area contributed by atoms with Gasteiger partial charge >= 0.3 is 16.9 Å². The van der Waals surface area contributed by atoms with E-state index < -0.39 is 32.4 Å². The molecule has 3 rings (SSSR count). The zero-order valence-electron chi connectivity index (χ0n) is 13.1. The SMILES string of the molecule is Cn1c(=O)c2c(Cl)c([N+](=O)[O-])c(=O)n(-c3ccccc3)c2n(C)c1=O. The Morgan fingerprint density at radius 2 is 1.60 bits per heavy atom. The molecule has 3 aromatic rings. The number of hydrogen-bond donors (Lipinski definition) is 0. The highest BCUT2D eigenvalue weighted by Crippen LogP contribution is 2.28. The molecule has 0 radical (unpaired) electrons. The lowest BCUT2D eigenvalue weighted by atomic mass is 10.2. The Morgan fingerprint density at radius 3 is 2.16 bits per heavy atom. The maximum absolute atomic E-state index is 12.7. The predicted molar refractivity (Wildman–Crippen MR) is 91.7 cm³/mol. The molecule has 0 amide bonds. The highest BCUT2D eigenvalue weighted by atomic mass is 35.5. The summed E-state index contributed by atoms with van der Waals surface area (Å²) in [5, 5.41) is 10.5. The van der Waals surface area contributed by atoms with Crippen molar-refractivity contribution in [1.82, 2.24) is 13.7 Å². The summed E-state index contributed by atoms with van der Waals surface area (Å²) < 4.78 is 2.78. The first-order valence-corrected chi connectivity index (χ1v) is 7.39. The second-order valence-electron chi connectivity index (χ2n) is 5.30. The van der Waals surface area contributed by atoms with E-state index in [4.69, 9.17) is 11.6 Å². The fourth-order valence-corrected chi connectivity index (χ4v) is 2.99. The predicted octanol–water partition coefficient (Wildman–Crippen LogP) is 0.950. The van der Waals surface area contributed by atoms with Crippen molar-refractivity contribution in [1.29, 1.82) is 0 Å². The maximum Gasteiger partial charge on any atom is 0.353 e. The summed E-state index contributed by atoms with van der Waals surface area (Å²) in [4.78, 5) is 47.9. The molecule has 0 unspecified atom stereocenters. The van der Waals surface area contributed by atoms with Crippen LogP contribution in [0.15, 0.2) is 44.7 Å². The molecule has 128 valence electrons. The molecule has 25 heavy (non-hydrogen) atoms. The highest BCUT2D eigenvalue weighted by molar-refractivity contribution is 6.37. The first-order chi connectivity index (χ1) is 11.8. The van der Waals surface area contributed by atoms with Crippen LogP contribution in [-0.4, -0.2) is 18.6 Å². The van der Waals surface area contributed by atoms with Gasteiger partial charge in [-0.3, -0.25) is 33.4 Å². The van der Waals surface area contributed by atoms with E-state index in [0.717, 1.165) is 13.7 Å². The molecular formula is C15H11ClN4O5. The van der Waals surface area contributed by atoms with Gasteiger partial charge in [-0.25, -0.2) is 4.79 Å². The van der Waals surface area contributed by atoms with Crippen LogP contribution in [0.2, 0.25) is 5.02 Å². The normalized spacial score (nSPS) is 11.0. The van der Waals surface area contributed by atoms with Gasteiger partial charge in [0.2, 0.25) is 0 Å². The van der Waals surface area contributed by atoms with Crippen LogP contribution >= 0.6 is 11.6 Å². The number of hydrogen-bond acceptors (Lipinski definition) is 5. The molecule has 0 aliphatic heterocycles. The molecule has 0 fully saturated rings. The van der Waals surface area contributed by atoms with Crippen molar-refractivity contribution < 1.29 is 4.92 Å². The Kier molecular flexibility index (Phi) is 3.80. The molecule has 10 heteroatoms. The van der Waals surface area contributed by atoms with Gasteiger partial charge in [0, 0.05) is 14.1 Å². The maximum atomic E-state index is 12.7. The van der Waals surface area contributed by atoms with Crippen molar-refractivity contribution in [2.45, 2.75) is 0 Å². The molecule has 0 atom stereocenters. The number of aryl methyl sites for hydroxylation is 1. The molecule has 2 aromatic heterocycles. The lowest BCUT2D eigenvalue weighted by molar-refractivity contribution is -0.386. The van der Waals surface area contributed by atoms with E-state index in [1.807, 2.05) is 0 Å². The van der Waals surface area contributed by atoms with E-state index in [0.29, 0.717) is 0 Å². The van der Waals surface area contributed by atoms with Crippen molar-refractivity contribution in [3.05, 3.63) is 76.7 Å². The van der Waals surface area contributed by atoms with Crippen molar-refractivity contribution in [2.75, 3.05) is 0 Å². The number of para-hydroxylation sites is 1. The largest absolute Gasteiger partial charge is 0.353 e. The minimum absolute atomic E-state index is 0.111. The summed E-state index contributed by atoms with van der Waals surface area (Å²) in [7, 11) is 2.58. The zero-order chi connectivity index (χ0) is 18.5. The van der Waals surface area contributed by atoms with Crippen molar-refractivity contribution in [2.24, 2.45) is 14.1 Å². The average Bonchev–Trinajstić information content (AvgIpc) is 2.58. The molecule has 0 saturated heterocycles. The standard InChI is InChI=1S/C15H11ClN4O5/c1-17-12-9(13(21)18(2)15(17)23)10(16)11(20(24)25)14(22)19(12)8-6-4-3-5-7-8/h3-7H,1-2H3. The van der Waals surface area contributed by atoms with Crippen LogP contribution in [0.4, 0.5) is 5.69 Å². The number of nitrogens with zero attached hydrogens (tertiary/aromatic N) is 4. The van der Waals surface area contributed by atoms with Gasteiger partial charge < -0.3 is 0 Å². The number of rotatable bonds is 2. The third kappa shape index (κ3) is 2.28. The van der Waals surface area contributed by atoms with Crippen molar-refractivity contribution >= 4 is 28.3 Å². The lowest BCUT2D eigenvalue weighted by Gasteiger charge is -2.15. The van der Waals surface area contributed by atoms with Crippen LogP contribution in [0.3, 0.4) is 0 Å². The van der Waals surface area contributed by atoms with E-state index in [1.54, 1.807) is 18.2 Å². The third-order valence-electron chi connectivity index (χ3n) is 3.88. The molecule has 0 spiro atoms. The number of aromatic nitrogens is 3. The van der Waals surface area contributed by atoms with Gasteiger partial charge in [0.25, 0.3) is 5.56 Å². The highest BCUT2D eigenvalue weighted by Gasteiger charge is 2.29. The molecule has 9 nitrogen and oxygen atoms in total. The number of fused-ring (bicyclic) bond motifs is 1. The Hall–Kier alpha value is -3.20. The van der Waals surface area contributed by atoms with Crippen LogP contribution in [0.5, 0.6) is 0 Å². The Morgan fingerprint density at radius 1 is 1.00 bits per heavy atom. The molecule has 0 saturated carbocycles. The van der Waals surface area contributed by atoms with Crippen LogP contribution in [0, 0.1) is 10.1 Å². The van der Waals surface area contributed by atoms with Gasteiger partial charge in [0.05, 0.1) is 10.6 Å². The number of benzene rings is 1. The van der Waals surface area contributed by atoms with Gasteiger partial charge in [-0.2, -0.15) is 0 Å². The number of nitro groups is 1. The minimum atomic E-state index is -1.03. The van der Waals surface area contributed by atoms with Crippen LogP contribution in [0.1, 0.15) is 0 Å². The Bertz CT molecular complexity index is 1210. The average molecular weight is 363 g/mol. The molecule has 2 heterocycles. The van der Waals surface area contributed by atoms with Gasteiger partial charge in [-0.05, 0) is 12.1 Å². The van der Waals surface area contributed by atoms with Crippen LogP contribution in [-0.2, 0) is 14.1 Å². The van der Waals surface area contributed by atoms with Gasteiger partial charge in [0.1, 0.15) is 16.1 Å². The van der Waals surface area contributed by atoms with E-state index in [2.05, 4.69) is 0 Å². The van der Waals surface area contributed by atoms with Crippen LogP contribution < -0.4 is 16.8 Å². The quantitative estimate of drug-likeness (QED) is 0.498. The van der Waals surface area contributed by atoms with Crippen molar-refractivity contribution in [3.63, 3.8) is 0 Å². The summed E-state index contributed by atoms with van der Waals surface area (Å²) in [6, 6.07) is 7.99. The smallest absolute Gasteiger partial charge is 0.281 e. The molecule has 0 bridgehead atoms. The first-order valence-electron chi connectivity index (χ1n) is 7.01. The summed E-state index contributed by atoms with van der Waals surface area (Å²) in [5.74, 6) is 0.